The van der Waals surface area contributed by atoms with Gasteiger partial charge in [0.1, 0.15) is 0 Å². The van der Waals surface area contributed by atoms with Gasteiger partial charge in [-0.1, -0.05) is 11.6 Å². The molecule has 0 aliphatic carbocycles. The van der Waals surface area contributed by atoms with Crippen molar-refractivity contribution in [2.45, 2.75) is 26.8 Å². The lowest BCUT2D eigenvalue weighted by atomic mass is 10.1. The summed E-state index contributed by atoms with van der Waals surface area (Å²) in [6.07, 6.45) is 0. The molecule has 1 N–H and O–H groups in total. The molecule has 0 saturated heterocycles. The minimum atomic E-state index is 0.270. The van der Waals surface area contributed by atoms with Gasteiger partial charge in [-0.25, -0.2) is 0 Å². The highest BCUT2D eigenvalue weighted by atomic mass is 35.5. The van der Waals surface area contributed by atoms with Crippen LogP contribution >= 0.6 is 23.8 Å². The third-order valence-electron chi connectivity index (χ3n) is 2.65. The molecule has 2 rings (SSSR count). The third-order valence-corrected chi connectivity index (χ3v) is 3.17. The lowest BCUT2D eigenvalue weighted by Crippen LogP contribution is -2.04. The van der Waals surface area contributed by atoms with Gasteiger partial charge in [0.15, 0.2) is 10.6 Å². The first kappa shape index (κ1) is 12.3. The smallest absolute Gasteiger partial charge is 0.195 e. The Morgan fingerprint density at radius 3 is 2.71 bits per heavy atom. The van der Waals surface area contributed by atoms with E-state index in [2.05, 4.69) is 24.0 Å². The quantitative estimate of drug-likeness (QED) is 0.830. The van der Waals surface area contributed by atoms with Gasteiger partial charge < -0.3 is 0 Å². The van der Waals surface area contributed by atoms with Crippen molar-refractivity contribution in [3.63, 3.8) is 0 Å². The van der Waals surface area contributed by atoms with Crippen LogP contribution in [0.1, 0.15) is 25.5 Å². The number of hydrogen-bond donors (Lipinski definition) is 1. The van der Waals surface area contributed by atoms with Crippen LogP contribution in [0.15, 0.2) is 18.2 Å². The Kier molecular flexibility index (Phi) is 3.35. The molecule has 0 fully saturated rings. The van der Waals surface area contributed by atoms with Crippen molar-refractivity contribution >= 4 is 23.8 Å². The average Bonchev–Trinajstić information content (AvgIpc) is 2.60. The van der Waals surface area contributed by atoms with Crippen LogP contribution in [-0.2, 0) is 0 Å². The van der Waals surface area contributed by atoms with Crippen molar-refractivity contribution in [1.29, 1.82) is 0 Å². The topological polar surface area (TPSA) is 33.6 Å². The zero-order chi connectivity index (χ0) is 12.6. The maximum absolute atomic E-state index is 5.96. The molecule has 0 radical (unpaired) electrons. The molecule has 0 amide bonds. The summed E-state index contributed by atoms with van der Waals surface area (Å²) in [7, 11) is 0. The Morgan fingerprint density at radius 2 is 2.12 bits per heavy atom. The number of hydrogen-bond acceptors (Lipinski definition) is 2. The number of nitrogens with one attached hydrogen (secondary N) is 1. The van der Waals surface area contributed by atoms with Gasteiger partial charge >= 0.3 is 0 Å². The van der Waals surface area contributed by atoms with Crippen LogP contribution in [0, 0.1) is 11.7 Å². The first-order valence-corrected chi connectivity index (χ1v) is 6.22. The zero-order valence-corrected chi connectivity index (χ0v) is 11.6. The van der Waals surface area contributed by atoms with Crippen molar-refractivity contribution < 1.29 is 0 Å². The highest BCUT2D eigenvalue weighted by molar-refractivity contribution is 7.71. The summed E-state index contributed by atoms with van der Waals surface area (Å²) in [5.41, 5.74) is 2.14. The van der Waals surface area contributed by atoms with Crippen LogP contribution in [0.4, 0.5) is 0 Å². The van der Waals surface area contributed by atoms with Crippen LogP contribution in [0.3, 0.4) is 0 Å². The monoisotopic (exact) mass is 267 g/mol. The molecule has 17 heavy (non-hydrogen) atoms. The van der Waals surface area contributed by atoms with Gasteiger partial charge in [-0.15, -0.1) is 0 Å². The summed E-state index contributed by atoms with van der Waals surface area (Å²) in [6.45, 7) is 6.18. The number of benzene rings is 1. The van der Waals surface area contributed by atoms with E-state index in [-0.39, 0.29) is 6.04 Å². The van der Waals surface area contributed by atoms with Crippen LogP contribution in [0.5, 0.6) is 0 Å². The highest BCUT2D eigenvalue weighted by Gasteiger charge is 2.13. The van der Waals surface area contributed by atoms with Crippen LogP contribution < -0.4 is 0 Å². The second-order valence-corrected chi connectivity index (χ2v) is 5.10. The summed E-state index contributed by atoms with van der Waals surface area (Å²) in [5, 5.41) is 7.87. The van der Waals surface area contributed by atoms with E-state index in [0.29, 0.717) is 4.77 Å². The molecule has 1 heterocycles. The van der Waals surface area contributed by atoms with E-state index in [4.69, 9.17) is 23.8 Å². The fraction of sp³-hybridized carbons (Fsp3) is 0.333. The Hall–Kier alpha value is -1.13. The van der Waals surface area contributed by atoms with Crippen LogP contribution in [0.25, 0.3) is 11.4 Å². The zero-order valence-electron chi connectivity index (χ0n) is 9.99. The molecule has 0 aliphatic rings. The Balaban J connectivity index is 2.65. The minimum absolute atomic E-state index is 0.270. The molecule has 0 spiro atoms. The van der Waals surface area contributed by atoms with Crippen molar-refractivity contribution in [3.05, 3.63) is 33.6 Å². The van der Waals surface area contributed by atoms with E-state index in [1.54, 1.807) is 0 Å². The van der Waals surface area contributed by atoms with Gasteiger partial charge in [-0.05, 0) is 56.8 Å². The van der Waals surface area contributed by atoms with Crippen molar-refractivity contribution in [2.75, 3.05) is 0 Å². The lowest BCUT2D eigenvalue weighted by Gasteiger charge is -2.12. The molecule has 2 aromatic rings. The average molecular weight is 268 g/mol. The predicted molar refractivity (Wildman–Crippen MR) is 73.0 cm³/mol. The maximum Gasteiger partial charge on any atom is 0.195 e. The molecule has 0 aliphatic heterocycles. The largest absolute Gasteiger partial charge is 0.298 e. The van der Waals surface area contributed by atoms with Crippen LogP contribution in [-0.4, -0.2) is 14.8 Å². The molecule has 3 nitrogen and oxygen atoms in total. The summed E-state index contributed by atoms with van der Waals surface area (Å²) >= 11 is 11.2. The third kappa shape index (κ3) is 2.28. The van der Waals surface area contributed by atoms with E-state index in [9.17, 15) is 0 Å². The van der Waals surface area contributed by atoms with Gasteiger partial charge in [0, 0.05) is 16.6 Å². The highest BCUT2D eigenvalue weighted by Crippen LogP contribution is 2.26. The van der Waals surface area contributed by atoms with Crippen molar-refractivity contribution in [3.8, 4) is 11.4 Å². The predicted octanol–water partition coefficient (Wildman–Crippen LogP) is 4.15. The number of rotatable bonds is 2. The molecule has 1 aromatic carbocycles. The minimum Gasteiger partial charge on any atom is -0.298 e. The van der Waals surface area contributed by atoms with Gasteiger partial charge in [0.2, 0.25) is 0 Å². The number of H-pyrrole nitrogens is 1. The summed E-state index contributed by atoms with van der Waals surface area (Å²) in [5.74, 6) is 0.860. The van der Waals surface area contributed by atoms with E-state index in [1.165, 1.54) is 0 Å². The molecule has 1 aromatic heterocycles. The normalized spacial score (nSPS) is 11.1. The second kappa shape index (κ2) is 4.63. The van der Waals surface area contributed by atoms with Gasteiger partial charge in [0.05, 0.1) is 0 Å². The summed E-state index contributed by atoms with van der Waals surface area (Å²) in [4.78, 5) is 0. The Labute approximate surface area is 110 Å². The molecule has 0 atom stereocenters. The van der Waals surface area contributed by atoms with E-state index < -0.39 is 0 Å². The van der Waals surface area contributed by atoms with Crippen molar-refractivity contribution in [1.82, 2.24) is 14.8 Å². The number of nitrogens with zero attached hydrogens (tertiary/aromatic N) is 2. The molecule has 5 heteroatoms. The fourth-order valence-electron chi connectivity index (χ4n) is 1.85. The number of aromatic amines is 1. The van der Waals surface area contributed by atoms with Gasteiger partial charge in [-0.3, -0.25) is 9.67 Å². The maximum atomic E-state index is 5.96. The summed E-state index contributed by atoms with van der Waals surface area (Å²) in [6, 6.07) is 6.04. The SMILES string of the molecule is Cc1cc(Cl)ccc1-c1n[nH]c(=S)n1C(C)C. The fourth-order valence-corrected chi connectivity index (χ4v) is 2.42. The standard InChI is InChI=1S/C12H14ClN3S/c1-7(2)16-11(14-15-12(16)17)10-5-4-9(13)6-8(10)3/h4-7H,1-3H3,(H,15,17). The number of halogens is 1. The van der Waals surface area contributed by atoms with Crippen LogP contribution in [0.2, 0.25) is 5.02 Å². The Morgan fingerprint density at radius 1 is 1.41 bits per heavy atom. The molecule has 0 unspecified atom stereocenters. The molecule has 90 valence electrons. The van der Waals surface area contributed by atoms with E-state index >= 15 is 0 Å². The molecule has 0 saturated carbocycles. The summed E-state index contributed by atoms with van der Waals surface area (Å²) < 4.78 is 2.65. The van der Waals surface area contributed by atoms with Gasteiger partial charge in [-0.2, -0.15) is 5.10 Å². The number of aryl methyl sites for hydroxylation is 1. The number of aromatic nitrogens is 3. The second-order valence-electron chi connectivity index (χ2n) is 4.28. The lowest BCUT2D eigenvalue weighted by molar-refractivity contribution is 0.597. The molecular formula is C12H14ClN3S. The first-order valence-electron chi connectivity index (χ1n) is 5.44. The Bertz CT molecular complexity index is 598. The van der Waals surface area contributed by atoms with Gasteiger partial charge in [0.25, 0.3) is 0 Å². The first-order chi connectivity index (χ1) is 8.00. The molecule has 0 bridgehead atoms. The molecular weight excluding hydrogens is 254 g/mol. The van der Waals surface area contributed by atoms with E-state index in [1.807, 2.05) is 29.7 Å². The van der Waals surface area contributed by atoms with E-state index in [0.717, 1.165) is 22.0 Å². The van der Waals surface area contributed by atoms with Crippen molar-refractivity contribution in [2.24, 2.45) is 0 Å².